The van der Waals surface area contributed by atoms with Crippen LogP contribution in [0.2, 0.25) is 5.02 Å². The van der Waals surface area contributed by atoms with Gasteiger partial charge in [-0.25, -0.2) is 8.42 Å². The van der Waals surface area contributed by atoms with Crippen molar-refractivity contribution in [2.24, 2.45) is 5.73 Å². The molecule has 0 radical (unpaired) electrons. The third-order valence-electron chi connectivity index (χ3n) is 5.58. The average molecular weight is 487 g/mol. The smallest absolute Gasteiger partial charge is 0.320 e. The number of benzene rings is 3. The molecule has 1 heterocycles. The van der Waals surface area contributed by atoms with Crippen molar-refractivity contribution >= 4 is 27.6 Å². The van der Waals surface area contributed by atoms with Gasteiger partial charge < -0.3 is 15.6 Å². The summed E-state index contributed by atoms with van der Waals surface area (Å²) >= 11 is 6.10. The van der Waals surface area contributed by atoms with E-state index in [9.17, 15) is 13.2 Å². The van der Waals surface area contributed by atoms with Crippen LogP contribution in [0.1, 0.15) is 11.1 Å². The molecular weight excluding hydrogens is 464 g/mol. The van der Waals surface area contributed by atoms with Crippen LogP contribution in [0.3, 0.4) is 0 Å². The van der Waals surface area contributed by atoms with Crippen LogP contribution >= 0.6 is 11.6 Å². The second kappa shape index (κ2) is 9.15. The van der Waals surface area contributed by atoms with Gasteiger partial charge in [0.15, 0.2) is 5.60 Å². The molecule has 0 aliphatic carbocycles. The number of carboxylic acids is 1. The van der Waals surface area contributed by atoms with Crippen molar-refractivity contribution in [1.82, 2.24) is 4.31 Å². The number of sulfonamides is 1. The summed E-state index contributed by atoms with van der Waals surface area (Å²) in [4.78, 5) is 11.1. The maximum absolute atomic E-state index is 13.3. The van der Waals surface area contributed by atoms with E-state index < -0.39 is 27.6 Å². The van der Waals surface area contributed by atoms with Crippen molar-refractivity contribution < 1.29 is 23.1 Å². The molecule has 0 bridgehead atoms. The maximum Gasteiger partial charge on any atom is 0.320 e. The molecule has 172 valence electrons. The van der Waals surface area contributed by atoms with Crippen molar-refractivity contribution in [2.45, 2.75) is 23.0 Å². The highest BCUT2D eigenvalue weighted by molar-refractivity contribution is 7.89. The van der Waals surface area contributed by atoms with Gasteiger partial charge in [0.25, 0.3) is 0 Å². The van der Waals surface area contributed by atoms with E-state index in [1.54, 1.807) is 36.4 Å². The number of aliphatic carboxylic acids is 1. The summed E-state index contributed by atoms with van der Waals surface area (Å²) in [6.07, 6.45) is 0.0323. The molecule has 7 nitrogen and oxygen atoms in total. The van der Waals surface area contributed by atoms with Gasteiger partial charge in [0.1, 0.15) is 11.8 Å². The second-order valence-corrected chi connectivity index (χ2v) is 10.4. The molecule has 0 unspecified atom stereocenters. The monoisotopic (exact) mass is 486 g/mol. The van der Waals surface area contributed by atoms with Crippen molar-refractivity contribution in [1.29, 1.82) is 0 Å². The minimum Gasteiger partial charge on any atom is -0.480 e. The molecule has 1 saturated heterocycles. The molecule has 1 aliphatic heterocycles. The first-order valence-corrected chi connectivity index (χ1v) is 12.1. The van der Waals surface area contributed by atoms with Crippen LogP contribution in [-0.2, 0) is 26.8 Å². The summed E-state index contributed by atoms with van der Waals surface area (Å²) < 4.78 is 34.3. The first-order valence-electron chi connectivity index (χ1n) is 10.3. The third-order valence-corrected chi connectivity index (χ3v) is 7.60. The largest absolute Gasteiger partial charge is 0.480 e. The van der Waals surface area contributed by atoms with Crippen LogP contribution in [0.4, 0.5) is 0 Å². The van der Waals surface area contributed by atoms with Crippen LogP contribution in [0.15, 0.2) is 83.8 Å². The normalized spacial score (nSPS) is 16.5. The summed E-state index contributed by atoms with van der Waals surface area (Å²) in [6, 6.07) is 21.5. The number of hydrogen-bond donors (Lipinski definition) is 2. The third kappa shape index (κ3) is 4.89. The lowest BCUT2D eigenvalue weighted by molar-refractivity contribution is -0.138. The van der Waals surface area contributed by atoms with Gasteiger partial charge in [-0.1, -0.05) is 60.1 Å². The Kier molecular flexibility index (Phi) is 6.45. The highest BCUT2D eigenvalue weighted by Gasteiger charge is 2.52. The zero-order valence-corrected chi connectivity index (χ0v) is 19.2. The molecule has 4 rings (SSSR count). The van der Waals surface area contributed by atoms with Gasteiger partial charge in [-0.2, -0.15) is 4.31 Å². The minimum absolute atomic E-state index is 0.0323. The highest BCUT2D eigenvalue weighted by Crippen LogP contribution is 2.40. The number of rotatable bonds is 8. The molecule has 1 fully saturated rings. The topological polar surface area (TPSA) is 110 Å². The number of carboxylic acid groups (broad SMARTS) is 1. The quantitative estimate of drug-likeness (QED) is 0.505. The van der Waals surface area contributed by atoms with Crippen LogP contribution in [0.25, 0.3) is 0 Å². The van der Waals surface area contributed by atoms with Crippen molar-refractivity contribution in [2.75, 3.05) is 13.1 Å². The highest BCUT2D eigenvalue weighted by atomic mass is 35.5. The molecule has 33 heavy (non-hydrogen) atoms. The average Bonchev–Trinajstić information content (AvgIpc) is 2.76. The minimum atomic E-state index is -3.82. The lowest BCUT2D eigenvalue weighted by Crippen LogP contribution is -2.64. The van der Waals surface area contributed by atoms with E-state index in [2.05, 4.69) is 0 Å². The second-order valence-electron chi connectivity index (χ2n) is 7.99. The Bertz CT molecular complexity index is 1260. The fourth-order valence-electron chi connectivity index (χ4n) is 3.82. The van der Waals surface area contributed by atoms with E-state index in [0.29, 0.717) is 16.3 Å². The molecule has 0 spiro atoms. The van der Waals surface area contributed by atoms with Gasteiger partial charge in [-0.05, 0) is 47.9 Å². The number of nitrogens with zero attached hydrogens (tertiary/aromatic N) is 1. The molecule has 1 aliphatic rings. The van der Waals surface area contributed by atoms with Gasteiger partial charge in [-0.15, -0.1) is 0 Å². The summed E-state index contributed by atoms with van der Waals surface area (Å²) in [7, 11) is -3.82. The Balaban J connectivity index is 1.59. The predicted molar refractivity (Wildman–Crippen MR) is 125 cm³/mol. The van der Waals surface area contributed by atoms with E-state index in [4.69, 9.17) is 27.2 Å². The molecule has 3 aromatic carbocycles. The fourth-order valence-corrected chi connectivity index (χ4v) is 5.61. The van der Waals surface area contributed by atoms with Gasteiger partial charge in [0, 0.05) is 5.02 Å². The van der Waals surface area contributed by atoms with E-state index in [0.717, 1.165) is 5.56 Å². The Morgan fingerprint density at radius 1 is 1.06 bits per heavy atom. The van der Waals surface area contributed by atoms with Crippen molar-refractivity contribution in [3.05, 3.63) is 95.0 Å². The first kappa shape index (κ1) is 23.3. The van der Waals surface area contributed by atoms with E-state index in [1.165, 1.54) is 16.4 Å². The Morgan fingerprint density at radius 2 is 1.76 bits per heavy atom. The summed E-state index contributed by atoms with van der Waals surface area (Å²) in [5, 5.41) is 9.56. The zero-order chi connectivity index (χ0) is 23.6. The zero-order valence-electron chi connectivity index (χ0n) is 17.6. The Labute approximate surface area is 197 Å². The van der Waals surface area contributed by atoms with Crippen molar-refractivity contribution in [3.63, 3.8) is 0 Å². The lowest BCUT2D eigenvalue weighted by Gasteiger charge is -2.48. The lowest BCUT2D eigenvalue weighted by atomic mass is 9.87. The van der Waals surface area contributed by atoms with Crippen molar-refractivity contribution in [3.8, 4) is 5.75 Å². The predicted octanol–water partition coefficient (Wildman–Crippen LogP) is 3.27. The number of halogens is 1. The molecule has 1 atom stereocenters. The van der Waals surface area contributed by atoms with Crippen LogP contribution in [0, 0.1) is 0 Å². The molecule has 3 N–H and O–H groups in total. The number of ether oxygens (including phenoxy) is 1. The molecule has 9 heteroatoms. The molecule has 0 amide bonds. The summed E-state index contributed by atoms with van der Waals surface area (Å²) in [5.74, 6) is -0.593. The van der Waals surface area contributed by atoms with Gasteiger partial charge in [0.05, 0.1) is 18.0 Å². The number of carbonyl (C=O) groups is 1. The van der Waals surface area contributed by atoms with Crippen LogP contribution in [0.5, 0.6) is 5.75 Å². The van der Waals surface area contributed by atoms with Gasteiger partial charge in [-0.3, -0.25) is 4.79 Å². The molecule has 0 aromatic heterocycles. The number of hydrogen-bond acceptors (Lipinski definition) is 5. The molecule has 0 saturated carbocycles. The van der Waals surface area contributed by atoms with Crippen LogP contribution in [-0.4, -0.2) is 42.9 Å². The maximum atomic E-state index is 13.3. The fraction of sp³-hybridized carbons (Fsp3) is 0.208. The van der Waals surface area contributed by atoms with Gasteiger partial charge >= 0.3 is 5.97 Å². The number of nitrogens with two attached hydrogens (primary N) is 1. The summed E-state index contributed by atoms with van der Waals surface area (Å²) in [5.41, 5.74) is 6.14. The van der Waals surface area contributed by atoms with Crippen LogP contribution < -0.4 is 10.5 Å². The van der Waals surface area contributed by atoms with E-state index in [1.807, 2.05) is 30.3 Å². The summed E-state index contributed by atoms with van der Waals surface area (Å²) in [6.45, 7) is 0.232. The van der Waals surface area contributed by atoms with E-state index in [-0.39, 0.29) is 24.4 Å². The molecular formula is C24H23ClN2O5S. The SMILES string of the molecule is N[C@@H](Cc1cccc(S(=O)(=O)N2CC(Oc3cccc(Cl)c3)(c3ccccc3)C2)c1)C(=O)O. The van der Waals surface area contributed by atoms with Gasteiger partial charge in [0.2, 0.25) is 10.0 Å². The van der Waals surface area contributed by atoms with E-state index >= 15 is 0 Å². The Hall–Kier alpha value is -2.91. The molecule has 3 aromatic rings. The standard InChI is InChI=1S/C24H23ClN2O5S/c25-19-9-5-10-20(14-19)32-24(18-7-2-1-3-8-18)15-27(16-24)33(30,31)21-11-4-6-17(12-21)13-22(26)23(28)29/h1-12,14,22H,13,15-16,26H2,(H,28,29)/t22-/m0/s1. The first-order chi connectivity index (χ1) is 15.7. The Morgan fingerprint density at radius 3 is 2.42 bits per heavy atom.